The molecule has 2 fully saturated rings. The Kier molecular flexibility index (Phi) is 7.59. The highest BCUT2D eigenvalue weighted by molar-refractivity contribution is 5.63. The van der Waals surface area contributed by atoms with Gasteiger partial charge < -0.3 is 20.5 Å². The van der Waals surface area contributed by atoms with E-state index in [1.807, 2.05) is 6.92 Å². The molecule has 3 N–H and O–H groups in total. The van der Waals surface area contributed by atoms with E-state index in [1.165, 1.54) is 18.6 Å². The van der Waals surface area contributed by atoms with Gasteiger partial charge in [-0.25, -0.2) is 14.4 Å². The van der Waals surface area contributed by atoms with E-state index in [0.29, 0.717) is 23.1 Å². The highest BCUT2D eigenvalue weighted by Gasteiger charge is 2.44. The molecule has 34 heavy (non-hydrogen) atoms. The van der Waals surface area contributed by atoms with Crippen LogP contribution in [0, 0.1) is 22.6 Å². The summed E-state index contributed by atoms with van der Waals surface area (Å²) in [6.45, 7) is 4.19. The predicted octanol–water partition coefficient (Wildman–Crippen LogP) is 3.83. The summed E-state index contributed by atoms with van der Waals surface area (Å²) in [5.74, 6) is 0.401. The molecule has 0 radical (unpaired) electrons. The highest BCUT2D eigenvalue weighted by atomic mass is 19.1. The van der Waals surface area contributed by atoms with Gasteiger partial charge in [-0.05, 0) is 64.9 Å². The Morgan fingerprint density at radius 2 is 1.94 bits per heavy atom. The van der Waals surface area contributed by atoms with Crippen LogP contribution in [0.3, 0.4) is 0 Å². The number of pyridine rings is 1. The SMILES string of the molecule is CC(O)C[C@@H](C)N[C@H]1CC[C@H](Nc2cc(-c3cncc(OCC4(C#N)CC4)n3)c(F)cn2)CC1. The molecule has 2 aromatic heterocycles. The first-order valence-electron chi connectivity index (χ1n) is 12.1. The Hall–Kier alpha value is -2.83. The van der Waals surface area contributed by atoms with Crippen molar-refractivity contribution in [2.45, 2.75) is 83.0 Å². The van der Waals surface area contributed by atoms with Crippen molar-refractivity contribution >= 4 is 5.82 Å². The van der Waals surface area contributed by atoms with Crippen molar-refractivity contribution in [1.82, 2.24) is 20.3 Å². The quantitative estimate of drug-likeness (QED) is 0.482. The van der Waals surface area contributed by atoms with Crippen LogP contribution >= 0.6 is 0 Å². The number of aliphatic hydroxyl groups excluding tert-OH is 1. The first kappa shape index (κ1) is 24.3. The summed E-state index contributed by atoms with van der Waals surface area (Å²) in [5.41, 5.74) is 0.252. The molecule has 9 heteroatoms. The molecule has 0 spiro atoms. The first-order valence-corrected chi connectivity index (χ1v) is 12.1. The number of hydrogen-bond donors (Lipinski definition) is 3. The summed E-state index contributed by atoms with van der Waals surface area (Å²) in [5, 5.41) is 25.8. The van der Waals surface area contributed by atoms with Crippen molar-refractivity contribution < 1.29 is 14.2 Å². The molecule has 2 atom stereocenters. The van der Waals surface area contributed by atoms with Gasteiger partial charge in [0, 0.05) is 23.7 Å². The van der Waals surface area contributed by atoms with Crippen LogP contribution in [0.25, 0.3) is 11.3 Å². The van der Waals surface area contributed by atoms with Crippen LogP contribution in [0.2, 0.25) is 0 Å². The average molecular weight is 469 g/mol. The lowest BCUT2D eigenvalue weighted by molar-refractivity contribution is 0.165. The van der Waals surface area contributed by atoms with Crippen LogP contribution in [0.1, 0.15) is 58.8 Å². The number of rotatable bonds is 10. The Bertz CT molecular complexity index is 1010. The third kappa shape index (κ3) is 6.39. The number of halogens is 1. The van der Waals surface area contributed by atoms with E-state index in [-0.39, 0.29) is 30.7 Å². The minimum atomic E-state index is -0.479. The smallest absolute Gasteiger partial charge is 0.232 e. The molecule has 2 aliphatic carbocycles. The monoisotopic (exact) mass is 468 g/mol. The molecule has 8 nitrogen and oxygen atoms in total. The number of nitrogens with zero attached hydrogens (tertiary/aromatic N) is 4. The second-order valence-electron chi connectivity index (χ2n) is 9.82. The molecule has 2 saturated carbocycles. The number of anilines is 1. The maximum atomic E-state index is 14.6. The van der Waals surface area contributed by atoms with Gasteiger partial charge in [0.2, 0.25) is 5.88 Å². The van der Waals surface area contributed by atoms with Crippen LogP contribution in [0.5, 0.6) is 5.88 Å². The lowest BCUT2D eigenvalue weighted by Crippen LogP contribution is -2.42. The molecular formula is C25H33FN6O2. The standard InChI is InChI=1S/C25H33FN6O2/c1-16(9-17(2)33)30-18-3-5-19(6-4-18)31-23-10-20(21(26)11-29-23)22-12-28-13-24(32-22)34-15-25(14-27)7-8-25/h10-13,16-19,30,33H,3-9,15H2,1-2H3,(H,29,31)/t16-,17?,18-,19-/m1/s1. The van der Waals surface area contributed by atoms with Crippen molar-refractivity contribution in [3.8, 4) is 23.2 Å². The van der Waals surface area contributed by atoms with Crippen molar-refractivity contribution in [3.63, 3.8) is 0 Å². The zero-order chi connectivity index (χ0) is 24.1. The van der Waals surface area contributed by atoms with Gasteiger partial charge in [0.05, 0.1) is 41.9 Å². The van der Waals surface area contributed by atoms with Gasteiger partial charge in [0.1, 0.15) is 12.4 Å². The van der Waals surface area contributed by atoms with E-state index in [4.69, 9.17) is 4.74 Å². The molecule has 2 aliphatic rings. The molecule has 2 heterocycles. The van der Waals surface area contributed by atoms with Gasteiger partial charge in [-0.2, -0.15) is 5.26 Å². The minimum absolute atomic E-state index is 0.261. The maximum Gasteiger partial charge on any atom is 0.232 e. The van der Waals surface area contributed by atoms with Crippen molar-refractivity contribution in [3.05, 3.63) is 30.5 Å². The van der Waals surface area contributed by atoms with Crippen LogP contribution < -0.4 is 15.4 Å². The van der Waals surface area contributed by atoms with Gasteiger partial charge in [0.25, 0.3) is 0 Å². The second-order valence-corrected chi connectivity index (χ2v) is 9.82. The van der Waals surface area contributed by atoms with E-state index in [2.05, 4.69) is 38.6 Å². The van der Waals surface area contributed by atoms with E-state index in [1.54, 1.807) is 6.07 Å². The molecule has 0 saturated heterocycles. The van der Waals surface area contributed by atoms with E-state index in [9.17, 15) is 14.8 Å². The summed E-state index contributed by atoms with van der Waals surface area (Å²) in [7, 11) is 0. The fraction of sp³-hybridized carbons (Fsp3) is 0.600. The van der Waals surface area contributed by atoms with Crippen molar-refractivity contribution in [1.29, 1.82) is 5.26 Å². The van der Waals surface area contributed by atoms with Crippen LogP contribution in [-0.4, -0.2) is 50.9 Å². The largest absolute Gasteiger partial charge is 0.475 e. The minimum Gasteiger partial charge on any atom is -0.475 e. The van der Waals surface area contributed by atoms with Gasteiger partial charge in [0.15, 0.2) is 5.82 Å². The summed E-state index contributed by atoms with van der Waals surface area (Å²) in [6, 6.07) is 4.93. The first-order chi connectivity index (χ1) is 16.4. The third-order valence-corrected chi connectivity index (χ3v) is 6.62. The van der Waals surface area contributed by atoms with Gasteiger partial charge in [-0.15, -0.1) is 0 Å². The van der Waals surface area contributed by atoms with Crippen molar-refractivity contribution in [2.24, 2.45) is 5.41 Å². The molecule has 2 aromatic rings. The lowest BCUT2D eigenvalue weighted by atomic mass is 9.90. The number of aromatic nitrogens is 3. The number of nitriles is 1. The van der Waals surface area contributed by atoms with Crippen LogP contribution in [0.4, 0.5) is 10.2 Å². The molecule has 182 valence electrons. The molecule has 0 aliphatic heterocycles. The summed E-state index contributed by atoms with van der Waals surface area (Å²) >= 11 is 0. The molecule has 0 bridgehead atoms. The zero-order valence-corrected chi connectivity index (χ0v) is 19.8. The second kappa shape index (κ2) is 10.6. The average Bonchev–Trinajstić information content (AvgIpc) is 3.60. The Balaban J connectivity index is 1.35. The highest BCUT2D eigenvalue weighted by Crippen LogP contribution is 2.45. The van der Waals surface area contributed by atoms with Crippen LogP contribution in [-0.2, 0) is 0 Å². The van der Waals surface area contributed by atoms with Crippen molar-refractivity contribution in [2.75, 3.05) is 11.9 Å². The number of ether oxygens (including phenoxy) is 1. The third-order valence-electron chi connectivity index (χ3n) is 6.62. The zero-order valence-electron chi connectivity index (χ0n) is 19.8. The Morgan fingerprint density at radius 1 is 1.21 bits per heavy atom. The number of aliphatic hydroxyl groups is 1. The van der Waals surface area contributed by atoms with Gasteiger partial charge in [-0.1, -0.05) is 0 Å². The van der Waals surface area contributed by atoms with Gasteiger partial charge in [-0.3, -0.25) is 4.98 Å². The van der Waals surface area contributed by atoms with E-state index >= 15 is 0 Å². The van der Waals surface area contributed by atoms with E-state index < -0.39 is 11.2 Å². The normalized spacial score (nSPS) is 22.9. The molecule has 0 amide bonds. The Morgan fingerprint density at radius 3 is 2.62 bits per heavy atom. The fourth-order valence-corrected chi connectivity index (χ4v) is 4.51. The summed E-state index contributed by atoms with van der Waals surface area (Å²) in [6.07, 6.45) is 10.3. The maximum absolute atomic E-state index is 14.6. The molecular weight excluding hydrogens is 435 g/mol. The fourth-order valence-electron chi connectivity index (χ4n) is 4.51. The topological polar surface area (TPSA) is 116 Å². The molecule has 4 rings (SSSR count). The molecule has 0 aromatic carbocycles. The lowest BCUT2D eigenvalue weighted by Gasteiger charge is -2.32. The molecule has 1 unspecified atom stereocenters. The predicted molar refractivity (Wildman–Crippen MR) is 127 cm³/mol. The van der Waals surface area contributed by atoms with Crippen LogP contribution in [0.15, 0.2) is 24.7 Å². The number of hydrogen-bond acceptors (Lipinski definition) is 8. The Labute approximate surface area is 200 Å². The van der Waals surface area contributed by atoms with E-state index in [0.717, 1.165) is 44.9 Å². The summed E-state index contributed by atoms with van der Waals surface area (Å²) < 4.78 is 20.3. The summed E-state index contributed by atoms with van der Waals surface area (Å²) in [4.78, 5) is 12.8. The number of nitrogens with one attached hydrogen (secondary N) is 2. The van der Waals surface area contributed by atoms with Gasteiger partial charge >= 0.3 is 0 Å².